The Morgan fingerprint density at radius 3 is 2.62 bits per heavy atom. The van der Waals surface area contributed by atoms with E-state index in [2.05, 4.69) is 5.32 Å². The maximum absolute atomic E-state index is 13.4. The van der Waals surface area contributed by atoms with E-state index < -0.39 is 5.69 Å². The number of thiophene rings is 1. The summed E-state index contributed by atoms with van der Waals surface area (Å²) in [6, 6.07) is 8.97. The van der Waals surface area contributed by atoms with E-state index in [1.165, 1.54) is 25.3 Å². The minimum absolute atomic E-state index is 0.0327. The summed E-state index contributed by atoms with van der Waals surface area (Å²) in [4.78, 5) is 41.2. The van der Waals surface area contributed by atoms with E-state index in [4.69, 9.17) is 0 Å². The lowest BCUT2D eigenvalue weighted by atomic mass is 9.97. The zero-order valence-electron chi connectivity index (χ0n) is 16.7. The van der Waals surface area contributed by atoms with Gasteiger partial charge in [0, 0.05) is 10.9 Å². The number of amides is 1. The average Bonchev–Trinajstić information content (AvgIpc) is 3.11. The van der Waals surface area contributed by atoms with Crippen LogP contribution in [0.15, 0.2) is 39.9 Å². The first kappa shape index (κ1) is 19.6. The second kappa shape index (κ2) is 7.99. The fourth-order valence-electron chi connectivity index (χ4n) is 3.88. The number of hydrogen-bond donors (Lipinski definition) is 1. The summed E-state index contributed by atoms with van der Waals surface area (Å²) in [7, 11) is 0. The van der Waals surface area contributed by atoms with Crippen molar-refractivity contribution in [3.05, 3.63) is 61.6 Å². The first-order valence-corrected chi connectivity index (χ1v) is 11.0. The van der Waals surface area contributed by atoms with Gasteiger partial charge in [-0.15, -0.1) is 11.3 Å². The van der Waals surface area contributed by atoms with Gasteiger partial charge >= 0.3 is 5.69 Å². The van der Waals surface area contributed by atoms with Crippen LogP contribution in [-0.2, 0) is 24.2 Å². The van der Waals surface area contributed by atoms with Crippen LogP contribution < -0.4 is 16.6 Å². The molecule has 4 rings (SSSR count). The zero-order valence-corrected chi connectivity index (χ0v) is 17.6. The van der Waals surface area contributed by atoms with Gasteiger partial charge in [0.1, 0.15) is 11.4 Å². The highest BCUT2D eigenvalue weighted by Gasteiger charge is 2.25. The second-order valence-electron chi connectivity index (χ2n) is 7.61. The molecule has 0 aliphatic heterocycles. The van der Waals surface area contributed by atoms with Crippen molar-refractivity contribution in [3.8, 4) is 5.69 Å². The number of carbonyl (C=O) groups excluding carboxylic acids is 1. The van der Waals surface area contributed by atoms with Crippen LogP contribution in [-0.4, -0.2) is 21.1 Å². The molecule has 7 heteroatoms. The third kappa shape index (κ3) is 3.55. The summed E-state index contributed by atoms with van der Waals surface area (Å²) in [6.45, 7) is 3.84. The monoisotopic (exact) mass is 411 g/mol. The molecule has 3 aromatic rings. The number of fused-ring (bicyclic) bond motifs is 3. The molecule has 0 saturated heterocycles. The van der Waals surface area contributed by atoms with E-state index in [0.717, 1.165) is 37.7 Å². The highest BCUT2D eigenvalue weighted by Crippen LogP contribution is 2.34. The molecule has 2 aromatic heterocycles. The molecule has 1 amide bonds. The van der Waals surface area contributed by atoms with Gasteiger partial charge < -0.3 is 5.32 Å². The molecule has 1 aliphatic rings. The van der Waals surface area contributed by atoms with Crippen LogP contribution in [0.25, 0.3) is 15.9 Å². The topological polar surface area (TPSA) is 73.1 Å². The fraction of sp³-hybridized carbons (Fsp3) is 0.409. The van der Waals surface area contributed by atoms with Gasteiger partial charge in [-0.3, -0.25) is 14.2 Å². The van der Waals surface area contributed by atoms with E-state index in [9.17, 15) is 14.4 Å². The standard InChI is InChI=1S/C22H25N3O3S/c1-3-14(2)23-18(26)13-24-21-19(16-11-7-8-12-17(16)29-21)20(27)25(22(24)28)15-9-5-4-6-10-15/h4-6,9-10,14H,3,7-8,11-13H2,1-2H3,(H,23,26). The number of para-hydroxylation sites is 1. The molecule has 1 aromatic carbocycles. The number of aromatic nitrogens is 2. The molecule has 1 aliphatic carbocycles. The summed E-state index contributed by atoms with van der Waals surface area (Å²) in [5, 5.41) is 3.53. The Balaban J connectivity index is 1.96. The second-order valence-corrected chi connectivity index (χ2v) is 8.70. The molecule has 0 bridgehead atoms. The molecule has 29 heavy (non-hydrogen) atoms. The van der Waals surface area contributed by atoms with Crippen molar-refractivity contribution in [1.29, 1.82) is 0 Å². The predicted octanol–water partition coefficient (Wildman–Crippen LogP) is 3.01. The Hall–Kier alpha value is -2.67. The van der Waals surface area contributed by atoms with Gasteiger partial charge in [-0.1, -0.05) is 25.1 Å². The number of hydrogen-bond acceptors (Lipinski definition) is 4. The number of benzene rings is 1. The molecular formula is C22H25N3O3S. The largest absolute Gasteiger partial charge is 0.352 e. The van der Waals surface area contributed by atoms with Crippen molar-refractivity contribution in [2.45, 2.75) is 58.5 Å². The SMILES string of the molecule is CCC(C)NC(=O)Cn1c(=O)n(-c2ccccc2)c(=O)c2c3c(sc21)CCCC3. The molecule has 1 unspecified atom stereocenters. The first-order chi connectivity index (χ1) is 14.0. The van der Waals surface area contributed by atoms with Gasteiger partial charge in [-0.2, -0.15) is 0 Å². The van der Waals surface area contributed by atoms with Crippen LogP contribution in [0.2, 0.25) is 0 Å². The van der Waals surface area contributed by atoms with Crippen LogP contribution >= 0.6 is 11.3 Å². The van der Waals surface area contributed by atoms with Crippen molar-refractivity contribution in [1.82, 2.24) is 14.5 Å². The Kier molecular flexibility index (Phi) is 5.41. The number of rotatable bonds is 5. The van der Waals surface area contributed by atoms with Crippen LogP contribution in [0.3, 0.4) is 0 Å². The highest BCUT2D eigenvalue weighted by atomic mass is 32.1. The number of aryl methyl sites for hydroxylation is 2. The Morgan fingerprint density at radius 1 is 1.17 bits per heavy atom. The Morgan fingerprint density at radius 2 is 1.90 bits per heavy atom. The van der Waals surface area contributed by atoms with Gasteiger partial charge in [-0.05, 0) is 56.7 Å². The molecular weight excluding hydrogens is 386 g/mol. The molecule has 0 fully saturated rings. The van der Waals surface area contributed by atoms with Gasteiger partial charge in [-0.25, -0.2) is 9.36 Å². The van der Waals surface area contributed by atoms with Crippen LogP contribution in [0.1, 0.15) is 43.6 Å². The molecule has 1 atom stereocenters. The third-order valence-corrected chi connectivity index (χ3v) is 6.89. The highest BCUT2D eigenvalue weighted by molar-refractivity contribution is 7.18. The van der Waals surface area contributed by atoms with Crippen LogP contribution in [0.4, 0.5) is 0 Å². The normalized spacial score (nSPS) is 14.6. The van der Waals surface area contributed by atoms with Gasteiger partial charge in [0.25, 0.3) is 5.56 Å². The van der Waals surface area contributed by atoms with E-state index in [-0.39, 0.29) is 24.1 Å². The minimum Gasteiger partial charge on any atom is -0.352 e. The quantitative estimate of drug-likeness (QED) is 0.701. The minimum atomic E-state index is -0.466. The third-order valence-electron chi connectivity index (χ3n) is 5.57. The number of carbonyl (C=O) groups is 1. The molecule has 0 spiro atoms. The summed E-state index contributed by atoms with van der Waals surface area (Å²) < 4.78 is 2.69. The fourth-order valence-corrected chi connectivity index (χ4v) is 5.25. The summed E-state index contributed by atoms with van der Waals surface area (Å²) in [5.74, 6) is -0.215. The average molecular weight is 412 g/mol. The molecule has 152 valence electrons. The lowest BCUT2D eigenvalue weighted by Crippen LogP contribution is -2.42. The van der Waals surface area contributed by atoms with E-state index >= 15 is 0 Å². The van der Waals surface area contributed by atoms with Gasteiger partial charge in [0.05, 0.1) is 11.1 Å². The van der Waals surface area contributed by atoms with Crippen LogP contribution in [0, 0.1) is 0 Å². The van der Waals surface area contributed by atoms with Crippen molar-refractivity contribution < 1.29 is 4.79 Å². The molecule has 6 nitrogen and oxygen atoms in total. The van der Waals surface area contributed by atoms with Gasteiger partial charge in [0.2, 0.25) is 5.91 Å². The molecule has 0 saturated carbocycles. The zero-order chi connectivity index (χ0) is 20.5. The molecule has 2 heterocycles. The van der Waals surface area contributed by atoms with Crippen molar-refractivity contribution in [3.63, 3.8) is 0 Å². The maximum atomic E-state index is 13.4. The van der Waals surface area contributed by atoms with Gasteiger partial charge in [0.15, 0.2) is 0 Å². The van der Waals surface area contributed by atoms with Crippen molar-refractivity contribution in [2.75, 3.05) is 0 Å². The van der Waals surface area contributed by atoms with E-state index in [0.29, 0.717) is 15.9 Å². The van der Waals surface area contributed by atoms with E-state index in [1.54, 1.807) is 24.3 Å². The summed E-state index contributed by atoms with van der Waals surface area (Å²) >= 11 is 1.49. The Bertz CT molecular complexity index is 1170. The van der Waals surface area contributed by atoms with Crippen molar-refractivity contribution >= 4 is 27.5 Å². The number of nitrogens with zero attached hydrogens (tertiary/aromatic N) is 2. The predicted molar refractivity (Wildman–Crippen MR) is 116 cm³/mol. The maximum Gasteiger partial charge on any atom is 0.337 e. The van der Waals surface area contributed by atoms with Crippen molar-refractivity contribution in [2.24, 2.45) is 0 Å². The lowest BCUT2D eigenvalue weighted by Gasteiger charge is -2.15. The smallest absolute Gasteiger partial charge is 0.337 e. The van der Waals surface area contributed by atoms with E-state index in [1.807, 2.05) is 19.9 Å². The number of nitrogens with one attached hydrogen (secondary N) is 1. The molecule has 1 N–H and O–H groups in total. The first-order valence-electron chi connectivity index (χ1n) is 10.2. The lowest BCUT2D eigenvalue weighted by molar-refractivity contribution is -0.122. The summed E-state index contributed by atoms with van der Waals surface area (Å²) in [5.41, 5.74) is 0.832. The van der Waals surface area contributed by atoms with Crippen LogP contribution in [0.5, 0.6) is 0 Å². The summed E-state index contributed by atoms with van der Waals surface area (Å²) in [6.07, 6.45) is 4.71. The Labute approximate surface area is 172 Å². The molecule has 0 radical (unpaired) electrons.